The lowest BCUT2D eigenvalue weighted by atomic mass is 9.96. The minimum Gasteiger partial charge on any atom is -0.480 e. The molecule has 232 valence electrons. The number of anilines is 3. The number of halogens is 1. The summed E-state index contributed by atoms with van der Waals surface area (Å²) in [4.78, 5) is 19.2. The van der Waals surface area contributed by atoms with E-state index in [-0.39, 0.29) is 0 Å². The molecule has 0 bridgehead atoms. The van der Waals surface area contributed by atoms with Gasteiger partial charge in [-0.3, -0.25) is 0 Å². The molecule has 1 atom stereocenters. The number of benzene rings is 4. The molecule has 7 rings (SSSR count). The molecule has 1 aromatic heterocycles. The first-order valence-electron chi connectivity index (χ1n) is 15.6. The number of nitrogens with zero attached hydrogens (tertiary/aromatic N) is 4. The van der Waals surface area contributed by atoms with Crippen LogP contribution in [-0.2, 0) is 18.3 Å². The third-order valence-electron chi connectivity index (χ3n) is 9.01. The highest BCUT2D eigenvalue weighted by Crippen LogP contribution is 2.45. The van der Waals surface area contributed by atoms with E-state index in [2.05, 4.69) is 70.7 Å². The number of fused-ring (bicyclic) bond motifs is 3. The van der Waals surface area contributed by atoms with Gasteiger partial charge in [0.2, 0.25) is 5.58 Å². The number of oxazole rings is 1. The van der Waals surface area contributed by atoms with Crippen molar-refractivity contribution in [2.45, 2.75) is 32.7 Å². The highest BCUT2D eigenvalue weighted by Gasteiger charge is 2.37. The first kappa shape index (κ1) is 29.7. The van der Waals surface area contributed by atoms with Crippen LogP contribution in [0.4, 0.5) is 17.1 Å². The molecule has 0 spiro atoms. The lowest BCUT2D eigenvalue weighted by Gasteiger charge is -2.40. The fraction of sp³-hybridized carbons (Fsp3) is 0.211. The Bertz CT molecular complexity index is 2020. The Morgan fingerprint density at radius 1 is 0.957 bits per heavy atom. The number of aliphatic carboxylic acids is 1. The van der Waals surface area contributed by atoms with Crippen LogP contribution in [0.5, 0.6) is 0 Å². The summed E-state index contributed by atoms with van der Waals surface area (Å²) in [6.45, 7) is 5.30. The number of para-hydroxylation sites is 2. The van der Waals surface area contributed by atoms with Gasteiger partial charge in [0.05, 0.1) is 24.1 Å². The van der Waals surface area contributed by atoms with Gasteiger partial charge in [0, 0.05) is 23.3 Å². The van der Waals surface area contributed by atoms with Crippen molar-refractivity contribution in [3.63, 3.8) is 0 Å². The van der Waals surface area contributed by atoms with Crippen LogP contribution in [0.1, 0.15) is 31.7 Å². The number of allylic oxidation sites excluding steroid dienone is 2. The second-order valence-corrected chi connectivity index (χ2v) is 12.3. The maximum Gasteiger partial charge on any atom is 0.374 e. The summed E-state index contributed by atoms with van der Waals surface area (Å²) in [5.41, 5.74) is 9.16. The maximum atomic E-state index is 12.7. The van der Waals surface area contributed by atoms with Gasteiger partial charge in [-0.05, 0) is 91.4 Å². The van der Waals surface area contributed by atoms with Crippen molar-refractivity contribution in [1.29, 1.82) is 0 Å². The van der Waals surface area contributed by atoms with E-state index < -0.39 is 12.0 Å². The zero-order valence-corrected chi connectivity index (χ0v) is 26.9. The molecule has 2 aliphatic heterocycles. The zero-order valence-electron chi connectivity index (χ0n) is 26.2. The van der Waals surface area contributed by atoms with Crippen LogP contribution in [0.3, 0.4) is 0 Å². The predicted molar refractivity (Wildman–Crippen MR) is 185 cm³/mol. The van der Waals surface area contributed by atoms with Crippen LogP contribution in [0.2, 0.25) is 5.02 Å². The predicted octanol–water partition coefficient (Wildman–Crippen LogP) is 8.03. The number of carboxylic acids is 1. The summed E-state index contributed by atoms with van der Waals surface area (Å²) < 4.78 is 8.25. The summed E-state index contributed by atoms with van der Waals surface area (Å²) in [6, 6.07) is 30.0. The highest BCUT2D eigenvalue weighted by molar-refractivity contribution is 6.30. The summed E-state index contributed by atoms with van der Waals surface area (Å²) in [6.07, 6.45) is 5.39. The summed E-state index contributed by atoms with van der Waals surface area (Å²) in [7, 11) is 2.01. The van der Waals surface area contributed by atoms with E-state index in [4.69, 9.17) is 16.0 Å². The number of hydrogen-bond acceptors (Lipinski definition) is 5. The van der Waals surface area contributed by atoms with Gasteiger partial charge in [-0.1, -0.05) is 60.1 Å². The Morgan fingerprint density at radius 3 is 2.48 bits per heavy atom. The molecule has 3 heterocycles. The third-order valence-corrected chi connectivity index (χ3v) is 9.24. The van der Waals surface area contributed by atoms with Gasteiger partial charge in [-0.2, -0.15) is 4.57 Å². The van der Waals surface area contributed by atoms with Gasteiger partial charge in [0.25, 0.3) is 5.52 Å². The quantitative estimate of drug-likeness (QED) is 0.184. The molecule has 7 nitrogen and oxygen atoms in total. The minimum atomic E-state index is -0.829. The second kappa shape index (κ2) is 12.1. The lowest BCUT2D eigenvalue weighted by Crippen LogP contribution is -2.50. The largest absolute Gasteiger partial charge is 0.480 e. The van der Waals surface area contributed by atoms with Crippen molar-refractivity contribution < 1.29 is 18.9 Å². The zero-order chi connectivity index (χ0) is 31.9. The molecule has 1 N–H and O–H groups in total. The fourth-order valence-corrected chi connectivity index (χ4v) is 6.92. The molecule has 0 fully saturated rings. The number of aryl methyl sites for hydroxylation is 2. The number of carbonyl (C=O) groups is 1. The van der Waals surface area contributed by atoms with E-state index in [9.17, 15) is 9.90 Å². The van der Waals surface area contributed by atoms with Crippen molar-refractivity contribution in [1.82, 2.24) is 0 Å². The topological polar surface area (TPSA) is 64.0 Å². The Balaban J connectivity index is 1.36. The van der Waals surface area contributed by atoms with E-state index in [0.717, 1.165) is 68.7 Å². The number of rotatable bonds is 7. The van der Waals surface area contributed by atoms with Gasteiger partial charge in [0.15, 0.2) is 0 Å². The number of hydrogen-bond donors (Lipinski definition) is 1. The number of carboxylic acid groups (broad SMARTS) is 1. The normalized spacial score (nSPS) is 17.1. The van der Waals surface area contributed by atoms with Crippen LogP contribution in [0.15, 0.2) is 113 Å². The average molecular weight is 632 g/mol. The molecule has 5 aromatic rings. The molecular formula is C38H36ClN4O3+. The van der Waals surface area contributed by atoms with Crippen LogP contribution in [0, 0.1) is 0 Å². The van der Waals surface area contributed by atoms with Crippen LogP contribution in [0.25, 0.3) is 28.3 Å². The first-order valence-corrected chi connectivity index (χ1v) is 16.0. The molecule has 46 heavy (non-hydrogen) atoms. The highest BCUT2D eigenvalue weighted by atomic mass is 35.5. The molecule has 8 heteroatoms. The molecule has 1 unspecified atom stereocenters. The molecule has 0 aliphatic carbocycles. The van der Waals surface area contributed by atoms with E-state index in [1.165, 1.54) is 0 Å². The SMILES string of the molecule is CCN1/C(=C\C(C)=C\c2oc3ccccc3[n+]2C)N(CN2c3ccc(Cl)cc3CCC2C(=O)O)c2cc(-c3ccccc3)ccc21. The molecule has 4 aromatic carbocycles. The van der Waals surface area contributed by atoms with Crippen LogP contribution < -0.4 is 19.3 Å². The molecule has 0 saturated carbocycles. The Kier molecular flexibility index (Phi) is 7.79. The van der Waals surface area contributed by atoms with Gasteiger partial charge in [-0.25, -0.2) is 4.79 Å². The van der Waals surface area contributed by atoms with Crippen LogP contribution >= 0.6 is 11.6 Å². The average Bonchev–Trinajstić information content (AvgIpc) is 3.53. The molecule has 0 radical (unpaired) electrons. The Labute approximate surface area is 273 Å². The summed E-state index contributed by atoms with van der Waals surface area (Å²) in [5.74, 6) is 0.893. The first-order chi connectivity index (χ1) is 22.3. The molecule has 0 amide bonds. The van der Waals surface area contributed by atoms with Crippen molar-refractivity contribution >= 4 is 51.8 Å². The maximum absolute atomic E-state index is 12.7. The molecular weight excluding hydrogens is 596 g/mol. The van der Waals surface area contributed by atoms with Crippen LogP contribution in [-0.4, -0.2) is 30.3 Å². The van der Waals surface area contributed by atoms with Gasteiger partial charge >= 0.3 is 11.9 Å². The third kappa shape index (κ3) is 5.31. The lowest BCUT2D eigenvalue weighted by molar-refractivity contribution is -0.652. The van der Waals surface area contributed by atoms with Gasteiger partial charge in [0.1, 0.15) is 18.9 Å². The standard InChI is InChI=1S/C38H35ClN4O3/c1-4-41-31-17-14-27(26-10-6-5-7-11-26)23-34(31)43(24-42-30-19-16-29(39)22-28(30)15-18-33(42)38(44)45)36(41)20-25(2)21-37-40(3)32-12-8-9-13-35(32)46-37/h5-14,16-17,19-23,33H,4,15,18,24H2,1-3H3/p+1. The smallest absolute Gasteiger partial charge is 0.374 e. The monoisotopic (exact) mass is 631 g/mol. The number of aromatic nitrogens is 1. The Hall–Kier alpha value is -5.01. The van der Waals surface area contributed by atoms with E-state index >= 15 is 0 Å². The van der Waals surface area contributed by atoms with E-state index in [1.54, 1.807) is 0 Å². The second-order valence-electron chi connectivity index (χ2n) is 11.9. The fourth-order valence-electron chi connectivity index (χ4n) is 6.73. The summed E-state index contributed by atoms with van der Waals surface area (Å²) in [5, 5.41) is 11.0. The van der Waals surface area contributed by atoms with Crippen molar-refractivity contribution in [3.8, 4) is 11.1 Å². The van der Waals surface area contributed by atoms with E-state index in [0.29, 0.717) is 24.5 Å². The van der Waals surface area contributed by atoms with Gasteiger partial charge < -0.3 is 24.2 Å². The van der Waals surface area contributed by atoms with Crippen molar-refractivity contribution in [2.24, 2.45) is 7.05 Å². The van der Waals surface area contributed by atoms with Crippen molar-refractivity contribution in [3.05, 3.63) is 125 Å². The summed E-state index contributed by atoms with van der Waals surface area (Å²) >= 11 is 6.38. The van der Waals surface area contributed by atoms with E-state index in [1.807, 2.05) is 72.6 Å². The molecule has 2 aliphatic rings. The van der Waals surface area contributed by atoms with Crippen molar-refractivity contribution in [2.75, 3.05) is 27.9 Å². The minimum absolute atomic E-state index is 0.352. The Morgan fingerprint density at radius 2 is 1.72 bits per heavy atom. The van der Waals surface area contributed by atoms with Gasteiger partial charge in [-0.15, -0.1) is 0 Å². The molecule has 0 saturated heterocycles.